The van der Waals surface area contributed by atoms with E-state index in [1.54, 1.807) is 20.3 Å². The van der Waals surface area contributed by atoms with E-state index in [9.17, 15) is 9.59 Å². The molecule has 0 aliphatic carbocycles. The number of nitrogens with one attached hydrogen (secondary N) is 1. The number of methoxy groups -OCH3 is 2. The predicted molar refractivity (Wildman–Crippen MR) is 115 cm³/mol. The summed E-state index contributed by atoms with van der Waals surface area (Å²) in [4.78, 5) is 24.4. The maximum Gasteiger partial charge on any atom is 0.267 e. The number of amides is 1. The Morgan fingerprint density at radius 3 is 2.43 bits per heavy atom. The highest BCUT2D eigenvalue weighted by Crippen LogP contribution is 2.27. The van der Waals surface area contributed by atoms with Crippen molar-refractivity contribution in [2.24, 2.45) is 0 Å². The summed E-state index contributed by atoms with van der Waals surface area (Å²) < 4.78 is 11.7. The molecule has 3 rings (SSSR count). The third-order valence-corrected chi connectivity index (χ3v) is 4.69. The van der Waals surface area contributed by atoms with E-state index >= 15 is 0 Å². The fraction of sp³-hybridized carbons (Fsp3) is 0.261. The van der Waals surface area contributed by atoms with Gasteiger partial charge in [-0.3, -0.25) is 9.59 Å². The van der Waals surface area contributed by atoms with Crippen molar-refractivity contribution in [1.82, 2.24) is 15.1 Å². The van der Waals surface area contributed by atoms with Gasteiger partial charge in [-0.25, -0.2) is 4.68 Å². The Hall–Kier alpha value is -3.61. The van der Waals surface area contributed by atoms with Crippen molar-refractivity contribution in [1.29, 1.82) is 0 Å². The number of aromatic nitrogens is 2. The smallest absolute Gasteiger partial charge is 0.267 e. The molecule has 0 spiro atoms. The molecule has 7 nitrogen and oxygen atoms in total. The molecule has 2 aromatic carbocycles. The van der Waals surface area contributed by atoms with Crippen molar-refractivity contribution in [3.8, 4) is 22.8 Å². The topological polar surface area (TPSA) is 82.5 Å². The van der Waals surface area contributed by atoms with Gasteiger partial charge in [0.15, 0.2) is 11.5 Å². The molecule has 30 heavy (non-hydrogen) atoms. The fourth-order valence-corrected chi connectivity index (χ4v) is 3.01. The van der Waals surface area contributed by atoms with Crippen LogP contribution in [-0.4, -0.2) is 36.5 Å². The number of rotatable bonds is 8. The normalized spacial score (nSPS) is 10.5. The second-order valence-electron chi connectivity index (χ2n) is 6.87. The zero-order chi connectivity index (χ0) is 21.5. The van der Waals surface area contributed by atoms with Gasteiger partial charge in [-0.1, -0.05) is 35.9 Å². The quantitative estimate of drug-likeness (QED) is 0.621. The first-order valence-corrected chi connectivity index (χ1v) is 9.63. The number of carbonyl (C=O) groups excluding carboxylic acids is 1. The van der Waals surface area contributed by atoms with Gasteiger partial charge in [0, 0.05) is 18.2 Å². The Bertz CT molecular complexity index is 1070. The molecule has 0 bridgehead atoms. The van der Waals surface area contributed by atoms with E-state index in [-0.39, 0.29) is 18.0 Å². The van der Waals surface area contributed by atoms with Crippen LogP contribution in [0, 0.1) is 6.92 Å². The average Bonchev–Trinajstić information content (AvgIpc) is 2.75. The van der Waals surface area contributed by atoms with Gasteiger partial charge in [0.2, 0.25) is 5.91 Å². The molecule has 0 fully saturated rings. The maximum atomic E-state index is 12.3. The Morgan fingerprint density at radius 1 is 1.00 bits per heavy atom. The van der Waals surface area contributed by atoms with Crippen molar-refractivity contribution in [3.63, 3.8) is 0 Å². The Labute approximate surface area is 175 Å². The molecule has 1 N–H and O–H groups in total. The van der Waals surface area contributed by atoms with Crippen LogP contribution in [0.2, 0.25) is 0 Å². The summed E-state index contributed by atoms with van der Waals surface area (Å²) in [5, 5.41) is 7.16. The summed E-state index contributed by atoms with van der Waals surface area (Å²) in [7, 11) is 3.17. The third kappa shape index (κ3) is 5.26. The van der Waals surface area contributed by atoms with E-state index in [4.69, 9.17) is 9.47 Å². The van der Waals surface area contributed by atoms with Gasteiger partial charge < -0.3 is 14.8 Å². The van der Waals surface area contributed by atoms with E-state index in [0.717, 1.165) is 16.7 Å². The number of ether oxygens (including phenoxy) is 2. The summed E-state index contributed by atoms with van der Waals surface area (Å²) in [6.07, 6.45) is 0.623. The number of carbonyl (C=O) groups is 1. The monoisotopic (exact) mass is 407 g/mol. The molecule has 7 heteroatoms. The lowest BCUT2D eigenvalue weighted by molar-refractivity contribution is -0.121. The van der Waals surface area contributed by atoms with E-state index in [2.05, 4.69) is 10.4 Å². The molecular weight excluding hydrogens is 382 g/mol. The lowest BCUT2D eigenvalue weighted by Crippen LogP contribution is -2.34. The Balaban J connectivity index is 1.60. The average molecular weight is 407 g/mol. The molecule has 1 amide bonds. The highest BCUT2D eigenvalue weighted by atomic mass is 16.5. The molecule has 0 aliphatic rings. The first-order chi connectivity index (χ1) is 14.5. The molecule has 3 aromatic rings. The summed E-state index contributed by atoms with van der Waals surface area (Å²) in [6.45, 7) is 2.30. The molecular formula is C23H25N3O4. The molecule has 156 valence electrons. The summed E-state index contributed by atoms with van der Waals surface area (Å²) in [5.74, 6) is 1.03. The van der Waals surface area contributed by atoms with Crippen LogP contribution in [0.5, 0.6) is 11.5 Å². The second kappa shape index (κ2) is 9.73. The third-order valence-electron chi connectivity index (χ3n) is 4.69. The van der Waals surface area contributed by atoms with Crippen molar-refractivity contribution in [2.75, 3.05) is 20.8 Å². The van der Waals surface area contributed by atoms with Crippen LogP contribution in [0.25, 0.3) is 11.3 Å². The van der Waals surface area contributed by atoms with E-state index in [1.807, 2.05) is 49.4 Å². The zero-order valence-electron chi connectivity index (χ0n) is 17.3. The number of benzene rings is 2. The van der Waals surface area contributed by atoms with Gasteiger partial charge in [0.1, 0.15) is 6.54 Å². The lowest BCUT2D eigenvalue weighted by atomic mass is 10.1. The molecule has 1 heterocycles. The summed E-state index contributed by atoms with van der Waals surface area (Å²) in [6, 6.07) is 16.6. The summed E-state index contributed by atoms with van der Waals surface area (Å²) in [5.41, 5.74) is 3.36. The highest BCUT2D eigenvalue weighted by Gasteiger charge is 2.09. The number of hydrogen-bond acceptors (Lipinski definition) is 5. The van der Waals surface area contributed by atoms with Crippen LogP contribution < -0.4 is 20.3 Å². The van der Waals surface area contributed by atoms with E-state index in [0.29, 0.717) is 30.2 Å². The Kier molecular flexibility index (Phi) is 6.85. The molecule has 0 saturated carbocycles. The van der Waals surface area contributed by atoms with Gasteiger partial charge >= 0.3 is 0 Å². The van der Waals surface area contributed by atoms with E-state index < -0.39 is 0 Å². The van der Waals surface area contributed by atoms with Crippen LogP contribution in [0.3, 0.4) is 0 Å². The van der Waals surface area contributed by atoms with Crippen molar-refractivity contribution in [2.45, 2.75) is 19.9 Å². The second-order valence-corrected chi connectivity index (χ2v) is 6.87. The van der Waals surface area contributed by atoms with Crippen LogP contribution >= 0.6 is 0 Å². The first-order valence-electron chi connectivity index (χ1n) is 9.63. The first kappa shape index (κ1) is 21.1. The molecule has 0 radical (unpaired) electrons. The Morgan fingerprint density at radius 2 is 1.73 bits per heavy atom. The van der Waals surface area contributed by atoms with E-state index in [1.165, 1.54) is 10.7 Å². The van der Waals surface area contributed by atoms with Crippen molar-refractivity contribution >= 4 is 5.91 Å². The molecule has 0 saturated heterocycles. The number of nitrogens with zero attached hydrogens (tertiary/aromatic N) is 2. The number of aryl methyl sites for hydroxylation is 1. The minimum Gasteiger partial charge on any atom is -0.493 e. The largest absolute Gasteiger partial charge is 0.493 e. The zero-order valence-corrected chi connectivity index (χ0v) is 17.3. The standard InChI is InChI=1S/C23H25N3O4/c1-16-4-7-18(8-5-16)19-9-11-23(28)26(25-19)15-22(27)24-13-12-17-6-10-20(29-2)21(14-17)30-3/h4-11,14H,12-13,15H2,1-3H3,(H,24,27). The molecule has 0 atom stereocenters. The summed E-state index contributed by atoms with van der Waals surface area (Å²) >= 11 is 0. The van der Waals surface area contributed by atoms with Crippen LogP contribution in [0.1, 0.15) is 11.1 Å². The highest BCUT2D eigenvalue weighted by molar-refractivity contribution is 5.75. The van der Waals surface area contributed by atoms with Crippen LogP contribution in [0.15, 0.2) is 59.4 Å². The maximum absolute atomic E-state index is 12.3. The van der Waals surface area contributed by atoms with Crippen molar-refractivity contribution < 1.29 is 14.3 Å². The molecule has 0 unspecified atom stereocenters. The van der Waals surface area contributed by atoms with Crippen LogP contribution in [0.4, 0.5) is 0 Å². The van der Waals surface area contributed by atoms with Gasteiger partial charge in [-0.05, 0) is 37.1 Å². The lowest BCUT2D eigenvalue weighted by Gasteiger charge is -2.11. The number of hydrogen-bond donors (Lipinski definition) is 1. The fourth-order valence-electron chi connectivity index (χ4n) is 3.01. The van der Waals surface area contributed by atoms with Crippen LogP contribution in [-0.2, 0) is 17.8 Å². The molecule has 1 aromatic heterocycles. The van der Waals surface area contributed by atoms with Crippen molar-refractivity contribution in [3.05, 3.63) is 76.1 Å². The van der Waals surface area contributed by atoms with Gasteiger partial charge in [0.05, 0.1) is 19.9 Å². The van der Waals surface area contributed by atoms with Gasteiger partial charge in [0.25, 0.3) is 5.56 Å². The minimum atomic E-state index is -0.319. The predicted octanol–water partition coefficient (Wildman–Crippen LogP) is 2.59. The van der Waals surface area contributed by atoms with Gasteiger partial charge in [-0.2, -0.15) is 5.10 Å². The SMILES string of the molecule is COc1ccc(CCNC(=O)Cn2nc(-c3ccc(C)cc3)ccc2=O)cc1OC. The van der Waals surface area contributed by atoms with Gasteiger partial charge in [-0.15, -0.1) is 0 Å². The molecule has 0 aliphatic heterocycles. The minimum absolute atomic E-state index is 0.134.